The van der Waals surface area contributed by atoms with E-state index in [9.17, 15) is 9.59 Å². The van der Waals surface area contributed by atoms with Crippen molar-refractivity contribution in [1.29, 1.82) is 0 Å². The Labute approximate surface area is 128 Å². The largest absolute Gasteiger partial charge is 0.496 e. The molecule has 2 atom stereocenters. The Morgan fingerprint density at radius 2 is 2.19 bits per heavy atom. The molecule has 0 spiro atoms. The van der Waals surface area contributed by atoms with Gasteiger partial charge in [-0.2, -0.15) is 0 Å². The van der Waals surface area contributed by atoms with Crippen molar-refractivity contribution in [1.82, 2.24) is 4.90 Å². The minimum absolute atomic E-state index is 0.105. The Morgan fingerprint density at radius 1 is 1.48 bits per heavy atom. The molecule has 1 saturated heterocycles. The number of hydrogen-bond acceptors (Lipinski definition) is 3. The van der Waals surface area contributed by atoms with E-state index in [2.05, 4.69) is 0 Å². The molecule has 1 aromatic carbocycles. The van der Waals surface area contributed by atoms with E-state index in [1.54, 1.807) is 30.0 Å². The van der Waals surface area contributed by atoms with Crippen LogP contribution in [0.25, 0.3) is 0 Å². The van der Waals surface area contributed by atoms with E-state index in [1.165, 1.54) is 7.11 Å². The normalized spacial score (nSPS) is 21.4. The average Bonchev–Trinajstić information content (AvgIpc) is 2.81. The van der Waals surface area contributed by atoms with Gasteiger partial charge in [0.25, 0.3) is 0 Å². The standard InChI is InChI=1S/C15H18ClNO4/c1-9-12(15(19)20)5-6-17(9)14(18)8-10-7-11(16)3-4-13(10)21-2/h3-4,7,9,12H,5-6,8H2,1-2H3,(H,19,20). The fourth-order valence-electron chi connectivity index (χ4n) is 2.77. The topological polar surface area (TPSA) is 66.8 Å². The number of hydrogen-bond donors (Lipinski definition) is 1. The van der Waals surface area contributed by atoms with Crippen molar-refractivity contribution in [2.75, 3.05) is 13.7 Å². The van der Waals surface area contributed by atoms with Gasteiger partial charge in [-0.1, -0.05) is 11.6 Å². The van der Waals surface area contributed by atoms with Gasteiger partial charge in [0, 0.05) is 23.2 Å². The van der Waals surface area contributed by atoms with Crippen LogP contribution in [0.15, 0.2) is 18.2 Å². The average molecular weight is 312 g/mol. The van der Waals surface area contributed by atoms with E-state index in [-0.39, 0.29) is 18.4 Å². The van der Waals surface area contributed by atoms with Gasteiger partial charge >= 0.3 is 5.97 Å². The number of rotatable bonds is 4. The van der Waals surface area contributed by atoms with Gasteiger partial charge in [0.15, 0.2) is 0 Å². The van der Waals surface area contributed by atoms with Gasteiger partial charge in [-0.3, -0.25) is 9.59 Å². The van der Waals surface area contributed by atoms with E-state index >= 15 is 0 Å². The summed E-state index contributed by atoms with van der Waals surface area (Å²) in [5, 5.41) is 9.65. The van der Waals surface area contributed by atoms with Crippen LogP contribution in [0, 0.1) is 5.92 Å². The lowest BCUT2D eigenvalue weighted by Crippen LogP contribution is -2.38. The minimum atomic E-state index is -0.849. The van der Waals surface area contributed by atoms with Crippen molar-refractivity contribution in [2.45, 2.75) is 25.8 Å². The Bertz CT molecular complexity index is 561. The van der Waals surface area contributed by atoms with Crippen LogP contribution in [-0.4, -0.2) is 41.6 Å². The number of halogens is 1. The molecule has 21 heavy (non-hydrogen) atoms. The van der Waals surface area contributed by atoms with Gasteiger partial charge < -0.3 is 14.7 Å². The number of carbonyl (C=O) groups is 2. The molecule has 1 aliphatic heterocycles. The molecule has 114 valence electrons. The van der Waals surface area contributed by atoms with Crippen LogP contribution in [-0.2, 0) is 16.0 Å². The molecule has 2 rings (SSSR count). The smallest absolute Gasteiger partial charge is 0.308 e. The Morgan fingerprint density at radius 3 is 2.76 bits per heavy atom. The quantitative estimate of drug-likeness (QED) is 0.926. The Balaban J connectivity index is 2.12. The van der Waals surface area contributed by atoms with Crippen molar-refractivity contribution in [3.05, 3.63) is 28.8 Å². The van der Waals surface area contributed by atoms with Crippen molar-refractivity contribution in [2.24, 2.45) is 5.92 Å². The summed E-state index contributed by atoms with van der Waals surface area (Å²) in [6.07, 6.45) is 0.648. The summed E-state index contributed by atoms with van der Waals surface area (Å²) in [5.74, 6) is -0.838. The highest BCUT2D eigenvalue weighted by Crippen LogP contribution is 2.27. The highest BCUT2D eigenvalue weighted by molar-refractivity contribution is 6.30. The zero-order chi connectivity index (χ0) is 15.6. The lowest BCUT2D eigenvalue weighted by atomic mass is 10.0. The van der Waals surface area contributed by atoms with E-state index in [1.807, 2.05) is 0 Å². The molecule has 0 radical (unpaired) electrons. The van der Waals surface area contributed by atoms with Crippen LogP contribution in [0.2, 0.25) is 5.02 Å². The molecular formula is C15H18ClNO4. The predicted octanol–water partition coefficient (Wildman–Crippen LogP) is 2.21. The summed E-state index contributed by atoms with van der Waals surface area (Å²) in [4.78, 5) is 25.1. The number of nitrogens with zero attached hydrogens (tertiary/aromatic N) is 1. The van der Waals surface area contributed by atoms with E-state index in [0.29, 0.717) is 29.3 Å². The Hall–Kier alpha value is -1.75. The molecule has 0 aliphatic carbocycles. The second-order valence-corrected chi connectivity index (χ2v) is 5.63. The van der Waals surface area contributed by atoms with E-state index in [0.717, 1.165) is 0 Å². The molecule has 0 aromatic heterocycles. The van der Waals surface area contributed by atoms with Gasteiger partial charge in [-0.15, -0.1) is 0 Å². The van der Waals surface area contributed by atoms with E-state index in [4.69, 9.17) is 21.4 Å². The van der Waals surface area contributed by atoms with Crippen LogP contribution >= 0.6 is 11.6 Å². The zero-order valence-corrected chi connectivity index (χ0v) is 12.8. The molecule has 1 fully saturated rings. The fraction of sp³-hybridized carbons (Fsp3) is 0.467. The molecule has 1 N–H and O–H groups in total. The molecule has 1 heterocycles. The van der Waals surface area contributed by atoms with Crippen molar-refractivity contribution >= 4 is 23.5 Å². The lowest BCUT2D eigenvalue weighted by molar-refractivity contribution is -0.143. The Kier molecular flexibility index (Phi) is 4.73. The van der Waals surface area contributed by atoms with Gasteiger partial charge in [-0.25, -0.2) is 0 Å². The summed E-state index contributed by atoms with van der Waals surface area (Å²) in [5.41, 5.74) is 0.709. The highest BCUT2D eigenvalue weighted by atomic mass is 35.5. The maximum atomic E-state index is 12.4. The molecular weight excluding hydrogens is 294 g/mol. The third kappa shape index (κ3) is 3.29. The number of ether oxygens (including phenoxy) is 1. The monoisotopic (exact) mass is 311 g/mol. The highest BCUT2D eigenvalue weighted by Gasteiger charge is 2.38. The first-order valence-corrected chi connectivity index (χ1v) is 7.16. The molecule has 0 bridgehead atoms. The van der Waals surface area contributed by atoms with Crippen LogP contribution in [0.4, 0.5) is 0 Å². The summed E-state index contributed by atoms with van der Waals surface area (Å²) in [7, 11) is 1.54. The second-order valence-electron chi connectivity index (χ2n) is 5.19. The number of methoxy groups -OCH3 is 1. The second kappa shape index (κ2) is 6.35. The number of carbonyl (C=O) groups excluding carboxylic acids is 1. The number of amides is 1. The van der Waals surface area contributed by atoms with Crippen molar-refractivity contribution in [3.63, 3.8) is 0 Å². The maximum Gasteiger partial charge on any atom is 0.308 e. The maximum absolute atomic E-state index is 12.4. The first-order valence-electron chi connectivity index (χ1n) is 6.78. The summed E-state index contributed by atoms with van der Waals surface area (Å²) in [6.45, 7) is 2.25. The molecule has 1 aliphatic rings. The van der Waals surface area contributed by atoms with Crippen LogP contribution in [0.3, 0.4) is 0 Å². The first kappa shape index (κ1) is 15.6. The molecule has 0 saturated carbocycles. The minimum Gasteiger partial charge on any atom is -0.496 e. The van der Waals surface area contributed by atoms with Gasteiger partial charge in [0.2, 0.25) is 5.91 Å². The SMILES string of the molecule is COc1ccc(Cl)cc1CC(=O)N1CCC(C(=O)O)C1C. The zero-order valence-electron chi connectivity index (χ0n) is 12.0. The van der Waals surface area contributed by atoms with Gasteiger partial charge in [0.05, 0.1) is 19.4 Å². The van der Waals surface area contributed by atoms with Crippen molar-refractivity contribution in [3.8, 4) is 5.75 Å². The van der Waals surface area contributed by atoms with Crippen molar-refractivity contribution < 1.29 is 19.4 Å². The first-order chi connectivity index (χ1) is 9.93. The van der Waals surface area contributed by atoms with Gasteiger partial charge in [0.1, 0.15) is 5.75 Å². The predicted molar refractivity (Wildman–Crippen MR) is 78.6 cm³/mol. The summed E-state index contributed by atoms with van der Waals surface area (Å²) < 4.78 is 5.23. The number of benzene rings is 1. The summed E-state index contributed by atoms with van der Waals surface area (Å²) >= 11 is 5.95. The van der Waals surface area contributed by atoms with E-state index < -0.39 is 11.9 Å². The number of carboxylic acids is 1. The number of carboxylic acid groups (broad SMARTS) is 1. The third-order valence-electron chi connectivity index (χ3n) is 3.98. The lowest BCUT2D eigenvalue weighted by Gasteiger charge is -2.23. The molecule has 2 unspecified atom stereocenters. The summed E-state index contributed by atoms with van der Waals surface area (Å²) in [6, 6.07) is 4.83. The third-order valence-corrected chi connectivity index (χ3v) is 4.21. The number of likely N-dealkylation sites (tertiary alicyclic amines) is 1. The molecule has 5 nitrogen and oxygen atoms in total. The van der Waals surface area contributed by atoms with Gasteiger partial charge in [-0.05, 0) is 31.5 Å². The van der Waals surface area contributed by atoms with Crippen LogP contribution < -0.4 is 4.74 Å². The molecule has 6 heteroatoms. The van der Waals surface area contributed by atoms with Crippen LogP contribution in [0.5, 0.6) is 5.75 Å². The van der Waals surface area contributed by atoms with Crippen LogP contribution in [0.1, 0.15) is 18.9 Å². The molecule has 1 aromatic rings. The molecule has 1 amide bonds. The fourth-order valence-corrected chi connectivity index (χ4v) is 2.97. The number of aliphatic carboxylic acids is 1.